The Hall–Kier alpha value is -1.70. The second-order valence-corrected chi connectivity index (χ2v) is 5.13. The van der Waals surface area contributed by atoms with E-state index in [1.165, 1.54) is 24.3 Å². The van der Waals surface area contributed by atoms with Gasteiger partial charge in [0.25, 0.3) is 0 Å². The summed E-state index contributed by atoms with van der Waals surface area (Å²) in [5.74, 6) is 0.231. The van der Waals surface area contributed by atoms with Gasteiger partial charge in [0.15, 0.2) is 0 Å². The van der Waals surface area contributed by atoms with Crippen molar-refractivity contribution in [3.8, 4) is 0 Å². The largest absolute Gasteiger partial charge is 0.207 e. The van der Waals surface area contributed by atoms with Crippen molar-refractivity contribution in [3.05, 3.63) is 71.3 Å². The normalized spacial score (nSPS) is 14.0. The van der Waals surface area contributed by atoms with Gasteiger partial charge in [-0.1, -0.05) is 38.1 Å². The van der Waals surface area contributed by atoms with Crippen molar-refractivity contribution in [3.63, 3.8) is 0 Å². The second-order valence-electron chi connectivity index (χ2n) is 5.13. The topological polar surface area (TPSA) is 0 Å². The molecule has 0 aliphatic rings. The van der Waals surface area contributed by atoms with Gasteiger partial charge >= 0.3 is 0 Å². The number of rotatable bonds is 5. The average Bonchev–Trinajstić information content (AvgIpc) is 2.47. The van der Waals surface area contributed by atoms with Gasteiger partial charge in [0, 0.05) is 0 Å². The summed E-state index contributed by atoms with van der Waals surface area (Å²) in [4.78, 5) is 0. The molecule has 2 aromatic carbocycles. The van der Waals surface area contributed by atoms with E-state index in [0.717, 1.165) is 24.0 Å². The first-order valence-electron chi connectivity index (χ1n) is 7.16. The molecule has 0 radical (unpaired) electrons. The molecule has 0 saturated heterocycles. The maximum atomic E-state index is 13.1. The van der Waals surface area contributed by atoms with Gasteiger partial charge in [0.1, 0.15) is 11.6 Å². The molecule has 0 aliphatic carbocycles. The van der Waals surface area contributed by atoms with Crippen LogP contribution in [0.5, 0.6) is 0 Å². The van der Waals surface area contributed by atoms with Crippen LogP contribution in [-0.2, 0) is 0 Å². The van der Waals surface area contributed by atoms with E-state index in [1.807, 2.05) is 24.3 Å². The van der Waals surface area contributed by atoms with Crippen LogP contribution < -0.4 is 0 Å². The van der Waals surface area contributed by atoms with E-state index in [4.69, 9.17) is 0 Å². The van der Waals surface area contributed by atoms with Crippen LogP contribution in [0.15, 0.2) is 48.5 Å². The van der Waals surface area contributed by atoms with Crippen molar-refractivity contribution in [1.82, 2.24) is 0 Å². The summed E-state index contributed by atoms with van der Waals surface area (Å²) in [5.41, 5.74) is 2.29. The molecule has 0 aliphatic heterocycles. The third-order valence-electron chi connectivity index (χ3n) is 3.96. The molecule has 0 unspecified atom stereocenters. The highest BCUT2D eigenvalue weighted by molar-refractivity contribution is 5.29. The Morgan fingerprint density at radius 1 is 0.650 bits per heavy atom. The first-order valence-corrected chi connectivity index (χ1v) is 7.16. The van der Waals surface area contributed by atoms with Crippen LogP contribution in [0.1, 0.15) is 49.7 Å². The van der Waals surface area contributed by atoms with Crippen LogP contribution in [-0.4, -0.2) is 0 Å². The molecule has 2 heteroatoms. The molecular formula is C18H20F2. The maximum absolute atomic E-state index is 13.1. The Labute approximate surface area is 119 Å². The summed E-state index contributed by atoms with van der Waals surface area (Å²) >= 11 is 0. The van der Waals surface area contributed by atoms with Crippen molar-refractivity contribution >= 4 is 0 Å². The van der Waals surface area contributed by atoms with Crippen LogP contribution in [0.25, 0.3) is 0 Å². The van der Waals surface area contributed by atoms with Gasteiger partial charge < -0.3 is 0 Å². The van der Waals surface area contributed by atoms with Gasteiger partial charge in [-0.15, -0.1) is 0 Å². The summed E-state index contributed by atoms with van der Waals surface area (Å²) < 4.78 is 26.1. The third-order valence-corrected chi connectivity index (χ3v) is 3.96. The van der Waals surface area contributed by atoms with Crippen LogP contribution >= 0.6 is 0 Å². The fraction of sp³-hybridized carbons (Fsp3) is 0.333. The minimum Gasteiger partial charge on any atom is -0.207 e. The lowest BCUT2D eigenvalue weighted by Crippen LogP contribution is -2.10. The molecule has 0 amide bonds. The fourth-order valence-corrected chi connectivity index (χ4v) is 2.93. The van der Waals surface area contributed by atoms with E-state index in [1.54, 1.807) is 0 Å². The molecule has 106 valence electrons. The zero-order chi connectivity index (χ0) is 14.5. The van der Waals surface area contributed by atoms with E-state index < -0.39 is 0 Å². The Morgan fingerprint density at radius 2 is 0.950 bits per heavy atom. The van der Waals surface area contributed by atoms with Crippen molar-refractivity contribution in [2.24, 2.45) is 0 Å². The third kappa shape index (κ3) is 3.24. The lowest BCUT2D eigenvalue weighted by atomic mass is 9.78. The first-order chi connectivity index (χ1) is 9.65. The van der Waals surface area contributed by atoms with Crippen molar-refractivity contribution in [1.29, 1.82) is 0 Å². The van der Waals surface area contributed by atoms with Crippen molar-refractivity contribution in [2.45, 2.75) is 38.5 Å². The van der Waals surface area contributed by atoms with Crippen LogP contribution in [0, 0.1) is 11.6 Å². The summed E-state index contributed by atoms with van der Waals surface area (Å²) in [6.07, 6.45) is 1.95. The molecule has 0 heterocycles. The molecule has 2 atom stereocenters. The smallest absolute Gasteiger partial charge is 0.123 e. The van der Waals surface area contributed by atoms with Gasteiger partial charge in [-0.3, -0.25) is 0 Å². The van der Waals surface area contributed by atoms with Gasteiger partial charge in [-0.05, 0) is 60.1 Å². The minimum absolute atomic E-state index is 0.210. The molecule has 0 saturated carbocycles. The molecule has 0 bridgehead atoms. The molecule has 0 spiro atoms. The first kappa shape index (κ1) is 14.7. The molecule has 2 rings (SSSR count). The lowest BCUT2D eigenvalue weighted by Gasteiger charge is -2.26. The summed E-state index contributed by atoms with van der Waals surface area (Å²) in [5, 5.41) is 0. The standard InChI is InChI=1S/C18H20F2/c1-3-17(13-5-9-15(19)10-6-13)18(4-2)14-7-11-16(20)12-8-14/h5-12,17-18H,3-4H2,1-2H3/t17-,18-/m0/s1. The molecule has 0 N–H and O–H groups in total. The second kappa shape index (κ2) is 6.65. The summed E-state index contributed by atoms with van der Waals surface area (Å²) in [6, 6.07) is 13.5. The molecule has 2 aromatic rings. The van der Waals surface area contributed by atoms with E-state index in [-0.39, 0.29) is 11.6 Å². The Kier molecular flexibility index (Phi) is 4.89. The zero-order valence-electron chi connectivity index (χ0n) is 11.9. The van der Waals surface area contributed by atoms with Gasteiger partial charge in [-0.2, -0.15) is 0 Å². The average molecular weight is 274 g/mol. The molecule has 0 fully saturated rings. The quantitative estimate of drug-likeness (QED) is 0.660. The van der Waals surface area contributed by atoms with Crippen molar-refractivity contribution in [2.75, 3.05) is 0 Å². The fourth-order valence-electron chi connectivity index (χ4n) is 2.93. The predicted octanol–water partition coefficient (Wildman–Crippen LogP) is 5.65. The highest BCUT2D eigenvalue weighted by Gasteiger charge is 2.21. The Bertz CT molecular complexity index is 477. The lowest BCUT2D eigenvalue weighted by molar-refractivity contribution is 0.507. The highest BCUT2D eigenvalue weighted by Crippen LogP contribution is 2.37. The zero-order valence-corrected chi connectivity index (χ0v) is 11.9. The van der Waals surface area contributed by atoms with Gasteiger partial charge in [0.2, 0.25) is 0 Å². The predicted molar refractivity (Wildman–Crippen MR) is 78.9 cm³/mol. The number of benzene rings is 2. The summed E-state index contributed by atoms with van der Waals surface area (Å²) in [7, 11) is 0. The monoisotopic (exact) mass is 274 g/mol. The van der Waals surface area contributed by atoms with E-state index >= 15 is 0 Å². The minimum atomic E-state index is -0.210. The SMILES string of the molecule is CC[C@@H](c1ccc(F)cc1)[C@@H](CC)c1ccc(F)cc1. The van der Waals surface area contributed by atoms with Crippen LogP contribution in [0.2, 0.25) is 0 Å². The summed E-state index contributed by atoms with van der Waals surface area (Å²) in [6.45, 7) is 4.28. The van der Waals surface area contributed by atoms with Gasteiger partial charge in [0.05, 0.1) is 0 Å². The molecule has 0 aromatic heterocycles. The maximum Gasteiger partial charge on any atom is 0.123 e. The van der Waals surface area contributed by atoms with Crippen LogP contribution in [0.4, 0.5) is 8.78 Å². The number of hydrogen-bond donors (Lipinski definition) is 0. The van der Waals surface area contributed by atoms with Gasteiger partial charge in [-0.25, -0.2) is 8.78 Å². The highest BCUT2D eigenvalue weighted by atomic mass is 19.1. The number of hydrogen-bond acceptors (Lipinski definition) is 0. The molecule has 20 heavy (non-hydrogen) atoms. The Balaban J connectivity index is 2.32. The molecular weight excluding hydrogens is 254 g/mol. The van der Waals surface area contributed by atoms with Crippen LogP contribution in [0.3, 0.4) is 0 Å². The number of halogens is 2. The van der Waals surface area contributed by atoms with E-state index in [2.05, 4.69) is 13.8 Å². The molecule has 0 nitrogen and oxygen atoms in total. The van der Waals surface area contributed by atoms with E-state index in [9.17, 15) is 8.78 Å². The Morgan fingerprint density at radius 3 is 1.20 bits per heavy atom. The van der Waals surface area contributed by atoms with E-state index in [0.29, 0.717) is 11.8 Å². The van der Waals surface area contributed by atoms with Crippen molar-refractivity contribution < 1.29 is 8.78 Å².